The van der Waals surface area contributed by atoms with E-state index >= 15 is 0 Å². The molecule has 0 fully saturated rings. The summed E-state index contributed by atoms with van der Waals surface area (Å²) in [6.07, 6.45) is 0. The van der Waals surface area contributed by atoms with Gasteiger partial charge in [0.1, 0.15) is 11.5 Å². The number of para-hydroxylation sites is 1. The van der Waals surface area contributed by atoms with E-state index in [1.54, 1.807) is 38.1 Å². The maximum absolute atomic E-state index is 14.3. The van der Waals surface area contributed by atoms with Crippen LogP contribution < -0.4 is 16.6 Å². The molecule has 0 aliphatic carbocycles. The van der Waals surface area contributed by atoms with Crippen molar-refractivity contribution in [1.29, 1.82) is 0 Å². The molecule has 144 valence electrons. The van der Waals surface area contributed by atoms with E-state index < -0.39 is 34.7 Å². The molecule has 0 aliphatic heterocycles. The van der Waals surface area contributed by atoms with Crippen LogP contribution in [0.25, 0.3) is 5.69 Å². The highest BCUT2D eigenvalue weighted by atomic mass is 19.1. The molecule has 3 aromatic rings. The van der Waals surface area contributed by atoms with Crippen LogP contribution in [0.5, 0.6) is 0 Å². The summed E-state index contributed by atoms with van der Waals surface area (Å²) in [5.74, 6) is -1.43. The molecule has 0 spiro atoms. The van der Waals surface area contributed by atoms with E-state index in [1.807, 2.05) is 6.07 Å². The van der Waals surface area contributed by atoms with Crippen molar-refractivity contribution in [2.75, 3.05) is 6.54 Å². The molecule has 0 saturated heterocycles. The number of halogens is 1. The molecule has 1 atom stereocenters. The van der Waals surface area contributed by atoms with Crippen molar-refractivity contribution in [3.05, 3.63) is 92.5 Å². The lowest BCUT2D eigenvalue weighted by Crippen LogP contribution is -2.47. The quantitative estimate of drug-likeness (QED) is 0.730. The van der Waals surface area contributed by atoms with Gasteiger partial charge in [0.2, 0.25) is 5.69 Å². The van der Waals surface area contributed by atoms with Crippen molar-refractivity contribution in [3.63, 3.8) is 0 Å². The number of rotatable bonds is 5. The van der Waals surface area contributed by atoms with Crippen LogP contribution in [0, 0.1) is 5.82 Å². The summed E-state index contributed by atoms with van der Waals surface area (Å²) in [4.78, 5) is 38.3. The van der Waals surface area contributed by atoms with E-state index in [2.05, 4.69) is 10.4 Å². The lowest BCUT2D eigenvalue weighted by atomic mass is 10.1. The Balaban J connectivity index is 2.32. The molecule has 1 unspecified atom stereocenters. The van der Waals surface area contributed by atoms with Gasteiger partial charge in [0, 0.05) is 6.54 Å². The zero-order valence-corrected chi connectivity index (χ0v) is 15.4. The van der Waals surface area contributed by atoms with Gasteiger partial charge >= 0.3 is 5.69 Å². The fourth-order valence-electron chi connectivity index (χ4n) is 2.88. The van der Waals surface area contributed by atoms with Gasteiger partial charge in [-0.25, -0.2) is 13.8 Å². The Kier molecular flexibility index (Phi) is 5.49. The number of aromatic nitrogens is 3. The molecule has 8 heteroatoms. The van der Waals surface area contributed by atoms with Crippen molar-refractivity contribution in [3.8, 4) is 5.69 Å². The largest absolute Gasteiger partial charge is 0.352 e. The third-order valence-electron chi connectivity index (χ3n) is 4.31. The van der Waals surface area contributed by atoms with Gasteiger partial charge in [-0.3, -0.25) is 9.59 Å². The Morgan fingerprint density at radius 1 is 1.11 bits per heavy atom. The second kappa shape index (κ2) is 7.99. The summed E-state index contributed by atoms with van der Waals surface area (Å²) in [6.45, 7) is 3.62. The molecule has 3 rings (SSSR count). The predicted molar refractivity (Wildman–Crippen MR) is 102 cm³/mol. The molecule has 1 amide bonds. The first-order chi connectivity index (χ1) is 13.5. The summed E-state index contributed by atoms with van der Waals surface area (Å²) in [7, 11) is 0. The van der Waals surface area contributed by atoms with E-state index in [1.165, 1.54) is 24.3 Å². The summed E-state index contributed by atoms with van der Waals surface area (Å²) in [5, 5.41) is 6.37. The van der Waals surface area contributed by atoms with E-state index in [0.29, 0.717) is 5.56 Å². The van der Waals surface area contributed by atoms with Gasteiger partial charge in [-0.05, 0) is 31.5 Å². The SMILES string of the molecule is CCNC(=O)c1nn(-c2ccccc2F)c(=O)n(C(C)c2ccccc2)c1=O. The Morgan fingerprint density at radius 2 is 1.75 bits per heavy atom. The van der Waals surface area contributed by atoms with E-state index in [0.717, 1.165) is 9.25 Å². The minimum atomic E-state index is -0.834. The molecule has 0 bridgehead atoms. The van der Waals surface area contributed by atoms with Crippen molar-refractivity contribution in [2.45, 2.75) is 19.9 Å². The molecular formula is C20H19FN4O3. The monoisotopic (exact) mass is 382 g/mol. The molecule has 2 aromatic carbocycles. The van der Waals surface area contributed by atoms with Crippen LogP contribution in [0.4, 0.5) is 4.39 Å². The fourth-order valence-corrected chi connectivity index (χ4v) is 2.88. The molecule has 7 nitrogen and oxygen atoms in total. The summed E-state index contributed by atoms with van der Waals surface area (Å²) >= 11 is 0. The smallest absolute Gasteiger partial charge is 0.351 e. The average molecular weight is 382 g/mol. The first kappa shape index (κ1) is 19.2. The Morgan fingerprint density at radius 3 is 2.39 bits per heavy atom. The molecule has 0 saturated carbocycles. The maximum Gasteiger partial charge on any atom is 0.352 e. The zero-order chi connectivity index (χ0) is 20.3. The average Bonchev–Trinajstić information content (AvgIpc) is 2.69. The summed E-state index contributed by atoms with van der Waals surface area (Å²) < 4.78 is 16.0. The van der Waals surface area contributed by atoms with Gasteiger partial charge < -0.3 is 5.32 Å². The number of nitrogens with zero attached hydrogens (tertiary/aromatic N) is 3. The Bertz CT molecular complexity index is 1120. The first-order valence-electron chi connectivity index (χ1n) is 8.79. The Hall–Kier alpha value is -3.55. The van der Waals surface area contributed by atoms with Crippen molar-refractivity contribution in [2.24, 2.45) is 0 Å². The molecule has 0 radical (unpaired) electrons. The van der Waals surface area contributed by atoms with E-state index in [4.69, 9.17) is 0 Å². The number of carbonyl (C=O) groups is 1. The lowest BCUT2D eigenvalue weighted by molar-refractivity contribution is 0.0945. The van der Waals surface area contributed by atoms with Gasteiger partial charge in [-0.15, -0.1) is 0 Å². The normalized spacial score (nSPS) is 11.8. The highest BCUT2D eigenvalue weighted by Gasteiger charge is 2.24. The number of hydrogen-bond acceptors (Lipinski definition) is 4. The van der Waals surface area contributed by atoms with Gasteiger partial charge in [-0.1, -0.05) is 42.5 Å². The molecule has 1 heterocycles. The minimum Gasteiger partial charge on any atom is -0.351 e. The fraction of sp³-hybridized carbons (Fsp3) is 0.200. The molecular weight excluding hydrogens is 363 g/mol. The van der Waals surface area contributed by atoms with Gasteiger partial charge in [0.15, 0.2) is 0 Å². The van der Waals surface area contributed by atoms with Crippen LogP contribution >= 0.6 is 0 Å². The van der Waals surface area contributed by atoms with Crippen molar-refractivity contribution in [1.82, 2.24) is 19.7 Å². The second-order valence-corrected chi connectivity index (χ2v) is 6.12. The van der Waals surface area contributed by atoms with Crippen LogP contribution in [-0.4, -0.2) is 26.8 Å². The van der Waals surface area contributed by atoms with Crippen LogP contribution in [0.1, 0.15) is 35.9 Å². The van der Waals surface area contributed by atoms with Crippen molar-refractivity contribution >= 4 is 5.91 Å². The van der Waals surface area contributed by atoms with Crippen LogP contribution in [-0.2, 0) is 0 Å². The van der Waals surface area contributed by atoms with Crippen LogP contribution in [0.2, 0.25) is 0 Å². The maximum atomic E-state index is 14.3. The standard InChI is InChI=1S/C20H19FN4O3/c1-3-22-18(26)17-19(27)24(13(2)14-9-5-4-6-10-14)20(28)25(23-17)16-12-8-7-11-15(16)21/h4-13H,3H2,1-2H3,(H,22,26). The lowest BCUT2D eigenvalue weighted by Gasteiger charge is -2.17. The Labute approximate surface area is 160 Å². The van der Waals surface area contributed by atoms with Gasteiger partial charge in [0.25, 0.3) is 11.5 Å². The summed E-state index contributed by atoms with van der Waals surface area (Å²) in [6, 6.07) is 13.7. The van der Waals surface area contributed by atoms with E-state index in [9.17, 15) is 18.8 Å². The minimum absolute atomic E-state index is 0.146. The highest BCUT2D eigenvalue weighted by molar-refractivity contribution is 5.91. The third kappa shape index (κ3) is 3.48. The molecule has 1 N–H and O–H groups in total. The summed E-state index contributed by atoms with van der Waals surface area (Å²) in [5.41, 5.74) is -1.60. The van der Waals surface area contributed by atoms with Crippen LogP contribution in [0.3, 0.4) is 0 Å². The highest BCUT2D eigenvalue weighted by Crippen LogP contribution is 2.15. The third-order valence-corrected chi connectivity index (χ3v) is 4.31. The number of amides is 1. The van der Waals surface area contributed by atoms with Gasteiger partial charge in [0.05, 0.1) is 6.04 Å². The molecule has 28 heavy (non-hydrogen) atoms. The molecule has 0 aliphatic rings. The van der Waals surface area contributed by atoms with Crippen molar-refractivity contribution < 1.29 is 9.18 Å². The number of hydrogen-bond donors (Lipinski definition) is 1. The predicted octanol–water partition coefficient (Wildman–Crippen LogP) is 1.89. The van der Waals surface area contributed by atoms with Gasteiger partial charge in [-0.2, -0.15) is 9.78 Å². The zero-order valence-electron chi connectivity index (χ0n) is 15.4. The molecule has 1 aromatic heterocycles. The van der Waals surface area contributed by atoms with Crippen LogP contribution in [0.15, 0.2) is 64.2 Å². The second-order valence-electron chi connectivity index (χ2n) is 6.12. The van der Waals surface area contributed by atoms with E-state index in [-0.39, 0.29) is 12.2 Å². The number of nitrogens with one attached hydrogen (secondary N) is 1. The number of benzene rings is 2. The first-order valence-corrected chi connectivity index (χ1v) is 8.79. The number of carbonyl (C=O) groups excluding carboxylic acids is 1. The topological polar surface area (TPSA) is 86.0 Å².